The molecule has 0 unspecified atom stereocenters. The molecule has 0 spiro atoms. The smallest absolute Gasteiger partial charge is 0.270 e. The number of nitrogens with zero attached hydrogens (tertiary/aromatic N) is 5. The summed E-state index contributed by atoms with van der Waals surface area (Å²) in [6.45, 7) is 0. The number of hydrogen-bond donors (Lipinski definition) is 0. The Morgan fingerprint density at radius 2 is 1.90 bits per heavy atom. The van der Waals surface area contributed by atoms with Gasteiger partial charge in [-0.3, -0.25) is 4.98 Å². The maximum atomic E-state index is 12.0. The van der Waals surface area contributed by atoms with Crippen LogP contribution >= 0.6 is 0 Å². The average molecular weight is 263 g/mol. The van der Waals surface area contributed by atoms with Crippen LogP contribution in [0, 0.1) is 5.21 Å². The van der Waals surface area contributed by atoms with Gasteiger partial charge < -0.3 is 5.21 Å². The Labute approximate surface area is 113 Å². The van der Waals surface area contributed by atoms with Gasteiger partial charge in [0.2, 0.25) is 5.65 Å². The Kier molecular flexibility index (Phi) is 2.17. The van der Waals surface area contributed by atoms with Crippen molar-refractivity contribution in [2.75, 3.05) is 0 Å². The minimum atomic E-state index is 0.482. The van der Waals surface area contributed by atoms with E-state index in [1.54, 1.807) is 29.0 Å². The van der Waals surface area contributed by atoms with E-state index in [1.807, 2.05) is 30.3 Å². The van der Waals surface area contributed by atoms with Gasteiger partial charge in [0.1, 0.15) is 5.52 Å². The fourth-order valence-electron chi connectivity index (χ4n) is 2.26. The molecule has 0 bridgehead atoms. The third-order valence-electron chi connectivity index (χ3n) is 3.19. The van der Waals surface area contributed by atoms with Crippen molar-refractivity contribution in [3.05, 3.63) is 60.1 Å². The first-order chi connectivity index (χ1) is 9.84. The van der Waals surface area contributed by atoms with Crippen molar-refractivity contribution in [2.24, 2.45) is 0 Å². The van der Waals surface area contributed by atoms with Crippen LogP contribution in [-0.2, 0) is 0 Å². The van der Waals surface area contributed by atoms with E-state index in [2.05, 4.69) is 15.2 Å². The molecule has 0 aliphatic rings. The monoisotopic (exact) mass is 263 g/mol. The molecular weight excluding hydrogens is 254 g/mol. The highest BCUT2D eigenvalue weighted by atomic mass is 16.5. The van der Waals surface area contributed by atoms with E-state index in [4.69, 9.17) is 0 Å². The highest BCUT2D eigenvalue weighted by Gasteiger charge is 2.16. The first kappa shape index (κ1) is 10.9. The Morgan fingerprint density at radius 3 is 2.75 bits per heavy atom. The van der Waals surface area contributed by atoms with E-state index in [0.717, 1.165) is 16.8 Å². The first-order valence-electron chi connectivity index (χ1n) is 6.12. The summed E-state index contributed by atoms with van der Waals surface area (Å²) in [5.74, 6) is 0. The maximum Gasteiger partial charge on any atom is 0.270 e. The first-order valence-corrected chi connectivity index (χ1v) is 6.12. The Bertz CT molecular complexity index is 917. The fourth-order valence-corrected chi connectivity index (χ4v) is 2.26. The second kappa shape index (κ2) is 3.99. The lowest BCUT2D eigenvalue weighted by Crippen LogP contribution is -2.33. The second-order valence-corrected chi connectivity index (χ2v) is 4.37. The molecule has 4 aromatic rings. The molecule has 3 aromatic heterocycles. The number of fused-ring (bicyclic) bond motifs is 3. The van der Waals surface area contributed by atoms with Gasteiger partial charge >= 0.3 is 0 Å². The topological polar surface area (TPSA) is 70.0 Å². The van der Waals surface area contributed by atoms with Crippen molar-refractivity contribution in [3.63, 3.8) is 0 Å². The molecule has 0 amide bonds. The van der Waals surface area contributed by atoms with E-state index in [9.17, 15) is 5.21 Å². The van der Waals surface area contributed by atoms with E-state index in [0.29, 0.717) is 16.0 Å². The number of pyridine rings is 1. The van der Waals surface area contributed by atoms with Gasteiger partial charge in [-0.15, -0.1) is 0 Å². The summed E-state index contributed by atoms with van der Waals surface area (Å²) in [5.41, 5.74) is 3.17. The minimum absolute atomic E-state index is 0.482. The zero-order valence-corrected chi connectivity index (χ0v) is 10.3. The minimum Gasteiger partial charge on any atom is -0.594 e. The summed E-state index contributed by atoms with van der Waals surface area (Å²) in [5, 5.41) is 20.4. The molecule has 0 N–H and O–H groups in total. The van der Waals surface area contributed by atoms with Crippen LogP contribution in [0.2, 0.25) is 0 Å². The van der Waals surface area contributed by atoms with Gasteiger partial charge in [-0.05, 0) is 23.0 Å². The third-order valence-corrected chi connectivity index (χ3v) is 3.19. The number of benzene rings is 1. The van der Waals surface area contributed by atoms with Gasteiger partial charge in [0.05, 0.1) is 17.5 Å². The molecule has 0 saturated carbocycles. The predicted octanol–water partition coefficient (Wildman–Crippen LogP) is 1.58. The standard InChI is InChI=1S/C14H9N5O/c20-19-13-7-2-1-6-12(13)18-14(17-19)10(9-16-18)11-5-3-4-8-15-11/h1-9H. The number of aromatic nitrogens is 5. The van der Waals surface area contributed by atoms with Crippen LogP contribution in [0.4, 0.5) is 0 Å². The molecule has 0 fully saturated rings. The van der Waals surface area contributed by atoms with Gasteiger partial charge in [0.25, 0.3) is 5.52 Å². The number of hydrogen-bond acceptors (Lipinski definition) is 4. The Hall–Kier alpha value is -3.02. The van der Waals surface area contributed by atoms with Crippen LogP contribution in [0.15, 0.2) is 54.9 Å². The lowest BCUT2D eigenvalue weighted by Gasteiger charge is -2.01. The van der Waals surface area contributed by atoms with Gasteiger partial charge in [0.15, 0.2) is 0 Å². The molecule has 1 aromatic carbocycles. The van der Waals surface area contributed by atoms with Crippen LogP contribution in [0.25, 0.3) is 27.9 Å². The summed E-state index contributed by atoms with van der Waals surface area (Å²) in [4.78, 5) is 4.90. The predicted molar refractivity (Wildman–Crippen MR) is 72.7 cm³/mol. The van der Waals surface area contributed by atoms with Gasteiger partial charge in [-0.25, -0.2) is 4.52 Å². The number of rotatable bonds is 1. The molecular formula is C14H9N5O. The molecule has 96 valence electrons. The van der Waals surface area contributed by atoms with Crippen LogP contribution in [0.3, 0.4) is 0 Å². The molecule has 0 atom stereocenters. The Morgan fingerprint density at radius 1 is 1.05 bits per heavy atom. The van der Waals surface area contributed by atoms with Crippen LogP contribution in [0.5, 0.6) is 0 Å². The van der Waals surface area contributed by atoms with Crippen LogP contribution in [0.1, 0.15) is 0 Å². The normalized spacial score (nSPS) is 11.2. The van der Waals surface area contributed by atoms with Gasteiger partial charge in [-0.2, -0.15) is 5.10 Å². The molecule has 6 nitrogen and oxygen atoms in total. The highest BCUT2D eigenvalue weighted by Crippen LogP contribution is 2.22. The van der Waals surface area contributed by atoms with Crippen molar-refractivity contribution >= 4 is 16.7 Å². The lowest BCUT2D eigenvalue weighted by molar-refractivity contribution is -0.640. The van der Waals surface area contributed by atoms with Crippen LogP contribution in [-0.4, -0.2) is 19.7 Å². The molecule has 4 rings (SSSR count). The van der Waals surface area contributed by atoms with E-state index in [-0.39, 0.29) is 0 Å². The van der Waals surface area contributed by atoms with Crippen molar-refractivity contribution in [3.8, 4) is 11.3 Å². The molecule has 6 heteroatoms. The zero-order valence-electron chi connectivity index (χ0n) is 10.3. The van der Waals surface area contributed by atoms with Crippen LogP contribution < -0.4 is 4.85 Å². The van der Waals surface area contributed by atoms with Crippen molar-refractivity contribution < 1.29 is 4.85 Å². The van der Waals surface area contributed by atoms with Gasteiger partial charge in [-0.1, -0.05) is 18.2 Å². The lowest BCUT2D eigenvalue weighted by atomic mass is 10.2. The summed E-state index contributed by atoms with van der Waals surface area (Å²) in [6.07, 6.45) is 3.38. The Balaban J connectivity index is 2.12. The second-order valence-electron chi connectivity index (χ2n) is 4.37. The summed E-state index contributed by atoms with van der Waals surface area (Å²) >= 11 is 0. The molecule has 20 heavy (non-hydrogen) atoms. The molecule has 0 aliphatic carbocycles. The molecule has 3 heterocycles. The molecule has 0 radical (unpaired) electrons. The highest BCUT2D eigenvalue weighted by molar-refractivity contribution is 5.80. The van der Waals surface area contributed by atoms with Crippen molar-refractivity contribution in [1.29, 1.82) is 0 Å². The maximum absolute atomic E-state index is 12.0. The zero-order chi connectivity index (χ0) is 13.5. The molecule has 0 saturated heterocycles. The average Bonchev–Trinajstić information content (AvgIpc) is 2.92. The van der Waals surface area contributed by atoms with Crippen molar-refractivity contribution in [2.45, 2.75) is 0 Å². The van der Waals surface area contributed by atoms with Crippen molar-refractivity contribution in [1.82, 2.24) is 19.7 Å². The quantitative estimate of drug-likeness (QED) is 0.386. The van der Waals surface area contributed by atoms with E-state index in [1.165, 1.54) is 0 Å². The SMILES string of the molecule is [O-][n+]1nc2c(-c3ccccn3)cnn2c2ccccc21. The summed E-state index contributed by atoms with van der Waals surface area (Å²) < 4.78 is 1.66. The third kappa shape index (κ3) is 1.45. The van der Waals surface area contributed by atoms with Gasteiger partial charge in [0, 0.05) is 17.4 Å². The summed E-state index contributed by atoms with van der Waals surface area (Å²) in [7, 11) is 0. The largest absolute Gasteiger partial charge is 0.594 e. The van der Waals surface area contributed by atoms with E-state index >= 15 is 0 Å². The fraction of sp³-hybridized carbons (Fsp3) is 0. The molecule has 0 aliphatic heterocycles. The van der Waals surface area contributed by atoms with E-state index < -0.39 is 0 Å². The summed E-state index contributed by atoms with van der Waals surface area (Å²) in [6, 6.07) is 12.8. The number of para-hydroxylation sites is 2.